The molecule has 0 aliphatic carbocycles. The molecule has 4 heteroatoms. The van der Waals surface area contributed by atoms with Gasteiger partial charge in [0.15, 0.2) is 0 Å². The first-order valence-corrected chi connectivity index (χ1v) is 7.18. The summed E-state index contributed by atoms with van der Waals surface area (Å²) in [4.78, 5) is 12.6. The Hall–Kier alpha value is -1.45. The van der Waals surface area contributed by atoms with Crippen LogP contribution in [-0.4, -0.2) is 11.7 Å². The summed E-state index contributed by atoms with van der Waals surface area (Å²) in [6.07, 6.45) is 0. The van der Waals surface area contributed by atoms with Crippen molar-refractivity contribution in [2.24, 2.45) is 0 Å². The van der Waals surface area contributed by atoms with Crippen molar-refractivity contribution in [3.05, 3.63) is 65.2 Å². The number of rotatable bonds is 5. The van der Waals surface area contributed by atoms with Gasteiger partial charge in [0, 0.05) is 9.92 Å². The Bertz CT molecular complexity index is 526. The molecule has 0 saturated heterocycles. The lowest BCUT2D eigenvalue weighted by Crippen LogP contribution is -2.07. The number of ether oxygens (including phenoxy) is 1. The number of hydrogen-bond donors (Lipinski definition) is 0. The van der Waals surface area contributed by atoms with Gasteiger partial charge in [-0.2, -0.15) is 0 Å². The second kappa shape index (κ2) is 7.22. The molecule has 2 aromatic rings. The first-order chi connectivity index (χ1) is 9.24. The molecule has 0 N–H and O–H groups in total. The number of esters is 1. The molecule has 98 valence electrons. The second-order valence-electron chi connectivity index (χ2n) is 3.89. The molecular formula is C15H13ClO2S. The summed E-state index contributed by atoms with van der Waals surface area (Å²) >= 11 is 7.25. The predicted octanol–water partition coefficient (Wildman–Crippen LogP) is 4.18. The number of hydrogen-bond acceptors (Lipinski definition) is 3. The van der Waals surface area contributed by atoms with Crippen LogP contribution in [0.3, 0.4) is 0 Å². The Morgan fingerprint density at radius 2 is 1.74 bits per heavy atom. The van der Waals surface area contributed by atoms with Gasteiger partial charge in [-0.25, -0.2) is 0 Å². The fourth-order valence-electron chi connectivity index (χ4n) is 1.45. The average Bonchev–Trinajstić information content (AvgIpc) is 2.45. The van der Waals surface area contributed by atoms with E-state index in [0.29, 0.717) is 10.8 Å². The molecule has 0 fully saturated rings. The van der Waals surface area contributed by atoms with Gasteiger partial charge in [0.2, 0.25) is 0 Å². The van der Waals surface area contributed by atoms with Gasteiger partial charge in [0.25, 0.3) is 0 Å². The number of carbonyl (C=O) groups is 1. The Kier molecular flexibility index (Phi) is 5.31. The minimum absolute atomic E-state index is 0.219. The molecule has 0 unspecified atom stereocenters. The van der Waals surface area contributed by atoms with Crippen LogP contribution in [0.2, 0.25) is 5.02 Å². The van der Waals surface area contributed by atoms with Crippen LogP contribution in [-0.2, 0) is 16.1 Å². The van der Waals surface area contributed by atoms with Crippen LogP contribution in [0.4, 0.5) is 0 Å². The maximum atomic E-state index is 11.6. The van der Waals surface area contributed by atoms with Crippen molar-refractivity contribution in [2.45, 2.75) is 11.5 Å². The molecular weight excluding hydrogens is 280 g/mol. The van der Waals surface area contributed by atoms with Crippen molar-refractivity contribution in [2.75, 3.05) is 5.75 Å². The Balaban J connectivity index is 1.74. The quantitative estimate of drug-likeness (QED) is 0.611. The molecule has 19 heavy (non-hydrogen) atoms. The summed E-state index contributed by atoms with van der Waals surface area (Å²) in [7, 11) is 0. The van der Waals surface area contributed by atoms with Crippen molar-refractivity contribution in [3.63, 3.8) is 0 Å². The molecule has 0 radical (unpaired) electrons. The largest absolute Gasteiger partial charge is 0.460 e. The van der Waals surface area contributed by atoms with Crippen molar-refractivity contribution in [1.82, 2.24) is 0 Å². The Morgan fingerprint density at radius 3 is 2.42 bits per heavy atom. The average molecular weight is 293 g/mol. The monoisotopic (exact) mass is 292 g/mol. The van der Waals surface area contributed by atoms with Gasteiger partial charge in [-0.3, -0.25) is 4.79 Å². The minimum atomic E-state index is -0.219. The Morgan fingerprint density at radius 1 is 1.05 bits per heavy atom. The highest BCUT2D eigenvalue weighted by Crippen LogP contribution is 2.17. The Labute approximate surface area is 121 Å². The number of thioether (sulfide) groups is 1. The van der Waals surface area contributed by atoms with E-state index in [2.05, 4.69) is 0 Å². The van der Waals surface area contributed by atoms with Gasteiger partial charge < -0.3 is 4.74 Å². The lowest BCUT2D eigenvalue weighted by atomic mass is 10.2. The minimum Gasteiger partial charge on any atom is -0.460 e. The van der Waals surface area contributed by atoms with E-state index in [-0.39, 0.29) is 12.6 Å². The van der Waals surface area contributed by atoms with Gasteiger partial charge >= 0.3 is 5.97 Å². The van der Waals surface area contributed by atoms with E-state index < -0.39 is 0 Å². The molecule has 2 nitrogen and oxygen atoms in total. The van der Waals surface area contributed by atoms with Crippen molar-refractivity contribution < 1.29 is 9.53 Å². The molecule has 0 bridgehead atoms. The topological polar surface area (TPSA) is 26.3 Å². The van der Waals surface area contributed by atoms with Crippen LogP contribution in [0.15, 0.2) is 59.5 Å². The lowest BCUT2D eigenvalue weighted by Gasteiger charge is -2.05. The van der Waals surface area contributed by atoms with E-state index in [1.165, 1.54) is 11.8 Å². The summed E-state index contributed by atoms with van der Waals surface area (Å²) in [6.45, 7) is 0.283. The molecule has 0 atom stereocenters. The number of benzene rings is 2. The fraction of sp³-hybridized carbons (Fsp3) is 0.133. The number of carbonyl (C=O) groups excluding carboxylic acids is 1. The summed E-state index contributed by atoms with van der Waals surface area (Å²) in [5.74, 6) is 0.0984. The van der Waals surface area contributed by atoms with Crippen LogP contribution >= 0.6 is 23.4 Å². The molecule has 0 heterocycles. The van der Waals surface area contributed by atoms with Crippen LogP contribution in [0.1, 0.15) is 5.56 Å². The summed E-state index contributed by atoms with van der Waals surface area (Å²) in [5, 5.41) is 0.676. The fourth-order valence-corrected chi connectivity index (χ4v) is 2.29. The van der Waals surface area contributed by atoms with Gasteiger partial charge in [0.1, 0.15) is 6.61 Å². The lowest BCUT2D eigenvalue weighted by molar-refractivity contribution is -0.141. The van der Waals surface area contributed by atoms with Crippen molar-refractivity contribution in [3.8, 4) is 0 Å². The maximum Gasteiger partial charge on any atom is 0.316 e. The molecule has 0 aromatic heterocycles. The first kappa shape index (κ1) is 14.0. The third kappa shape index (κ3) is 4.97. The van der Waals surface area contributed by atoms with Crippen LogP contribution in [0.25, 0.3) is 0 Å². The molecule has 0 saturated carbocycles. The summed E-state index contributed by atoms with van der Waals surface area (Å²) in [6, 6.07) is 17.0. The highest BCUT2D eigenvalue weighted by molar-refractivity contribution is 8.00. The zero-order valence-corrected chi connectivity index (χ0v) is 11.8. The van der Waals surface area contributed by atoms with Crippen molar-refractivity contribution >= 4 is 29.3 Å². The number of halogens is 1. The molecule has 0 amide bonds. The van der Waals surface area contributed by atoms with Gasteiger partial charge in [0.05, 0.1) is 5.75 Å². The van der Waals surface area contributed by atoms with Crippen LogP contribution < -0.4 is 0 Å². The van der Waals surface area contributed by atoms with E-state index in [1.807, 2.05) is 42.5 Å². The molecule has 0 aliphatic heterocycles. The zero-order valence-electron chi connectivity index (χ0n) is 10.2. The van der Waals surface area contributed by atoms with E-state index in [1.54, 1.807) is 12.1 Å². The SMILES string of the molecule is O=C(CSc1ccccc1)OCc1ccc(Cl)cc1. The highest BCUT2D eigenvalue weighted by Gasteiger charge is 2.04. The van der Waals surface area contributed by atoms with Gasteiger partial charge in [-0.05, 0) is 29.8 Å². The maximum absolute atomic E-state index is 11.6. The third-order valence-electron chi connectivity index (χ3n) is 2.41. The van der Waals surface area contributed by atoms with Crippen LogP contribution in [0.5, 0.6) is 0 Å². The van der Waals surface area contributed by atoms with Gasteiger partial charge in [-0.1, -0.05) is 41.9 Å². The molecule has 0 aliphatic rings. The molecule has 0 spiro atoms. The zero-order chi connectivity index (χ0) is 13.5. The van der Waals surface area contributed by atoms with Crippen LogP contribution in [0, 0.1) is 0 Å². The predicted molar refractivity (Wildman–Crippen MR) is 78.4 cm³/mol. The van der Waals surface area contributed by atoms with E-state index in [9.17, 15) is 4.79 Å². The highest BCUT2D eigenvalue weighted by atomic mass is 35.5. The van der Waals surface area contributed by atoms with Crippen molar-refractivity contribution in [1.29, 1.82) is 0 Å². The smallest absolute Gasteiger partial charge is 0.316 e. The third-order valence-corrected chi connectivity index (χ3v) is 3.65. The standard InChI is InChI=1S/C15H13ClO2S/c16-13-8-6-12(7-9-13)10-18-15(17)11-19-14-4-2-1-3-5-14/h1-9H,10-11H2. The normalized spacial score (nSPS) is 10.2. The van der Waals surface area contributed by atoms with E-state index >= 15 is 0 Å². The summed E-state index contributed by atoms with van der Waals surface area (Å²) in [5.41, 5.74) is 0.933. The van der Waals surface area contributed by atoms with E-state index in [0.717, 1.165) is 10.5 Å². The van der Waals surface area contributed by atoms with E-state index in [4.69, 9.17) is 16.3 Å². The second-order valence-corrected chi connectivity index (χ2v) is 5.37. The molecule has 2 rings (SSSR count). The first-order valence-electron chi connectivity index (χ1n) is 5.82. The van der Waals surface area contributed by atoms with Gasteiger partial charge in [-0.15, -0.1) is 11.8 Å². The summed E-state index contributed by atoms with van der Waals surface area (Å²) < 4.78 is 5.19. The molecule has 2 aromatic carbocycles.